The van der Waals surface area contributed by atoms with Crippen LogP contribution in [0.3, 0.4) is 0 Å². The molecule has 2 rings (SSSR count). The van der Waals surface area contributed by atoms with Gasteiger partial charge in [0.25, 0.3) is 0 Å². The predicted molar refractivity (Wildman–Crippen MR) is 46.9 cm³/mol. The molecule has 1 heterocycles. The number of H-pyrrole nitrogens is 1. The average Bonchev–Trinajstić information content (AvgIpc) is 2.58. The predicted octanol–water partition coefficient (Wildman–Crippen LogP) is 1.57. The van der Waals surface area contributed by atoms with Crippen LogP contribution in [0, 0.1) is 17.5 Å². The van der Waals surface area contributed by atoms with Gasteiger partial charge in [0.05, 0.1) is 12.5 Å². The van der Waals surface area contributed by atoms with Crippen LogP contribution in [0.5, 0.6) is 5.75 Å². The molecule has 0 aliphatic rings. The van der Waals surface area contributed by atoms with Crippen LogP contribution >= 0.6 is 0 Å². The van der Waals surface area contributed by atoms with Crippen molar-refractivity contribution in [1.29, 1.82) is 0 Å². The molecule has 15 heavy (non-hydrogen) atoms. The van der Waals surface area contributed by atoms with Crippen LogP contribution < -0.4 is 10.5 Å². The first kappa shape index (κ1) is 9.63. The Hall–Kier alpha value is -1.92. The van der Waals surface area contributed by atoms with Gasteiger partial charge in [-0.2, -0.15) is 9.49 Å². The van der Waals surface area contributed by atoms with Crippen molar-refractivity contribution >= 4 is 16.7 Å². The maximum Gasteiger partial charge on any atom is 0.204 e. The molecule has 0 bridgehead atoms. The summed E-state index contributed by atoms with van der Waals surface area (Å²) in [5.41, 5.74) is 4.93. The summed E-state index contributed by atoms with van der Waals surface area (Å²) in [6.45, 7) is 0. The van der Waals surface area contributed by atoms with E-state index < -0.39 is 28.6 Å². The van der Waals surface area contributed by atoms with Crippen LogP contribution in [-0.4, -0.2) is 17.3 Å². The number of nitrogen functional groups attached to an aromatic ring is 1. The summed E-state index contributed by atoms with van der Waals surface area (Å²) in [6.07, 6.45) is 0. The Balaban J connectivity index is 2.98. The van der Waals surface area contributed by atoms with Gasteiger partial charge in [-0.1, -0.05) is 0 Å². The fourth-order valence-corrected chi connectivity index (χ4v) is 1.34. The molecule has 0 amide bonds. The monoisotopic (exact) mass is 217 g/mol. The summed E-state index contributed by atoms with van der Waals surface area (Å²) < 4.78 is 44.4. The minimum absolute atomic E-state index is 0.303. The van der Waals surface area contributed by atoms with E-state index in [2.05, 4.69) is 14.9 Å². The SMILES string of the molecule is COc1c(F)c(F)c2c(N)n[nH]c2c1F. The van der Waals surface area contributed by atoms with Crippen molar-refractivity contribution < 1.29 is 17.9 Å². The van der Waals surface area contributed by atoms with E-state index in [0.29, 0.717) is 0 Å². The highest BCUT2D eigenvalue weighted by Gasteiger charge is 2.24. The number of nitrogens with two attached hydrogens (primary N) is 1. The molecule has 0 radical (unpaired) electrons. The summed E-state index contributed by atoms with van der Waals surface area (Å²) in [7, 11) is 1.03. The maximum absolute atomic E-state index is 13.5. The molecule has 0 spiro atoms. The molecule has 7 heteroatoms. The van der Waals surface area contributed by atoms with E-state index in [1.807, 2.05) is 0 Å². The van der Waals surface area contributed by atoms with Crippen molar-refractivity contribution in [3.8, 4) is 5.75 Å². The van der Waals surface area contributed by atoms with Gasteiger partial charge in [-0.05, 0) is 0 Å². The Morgan fingerprint density at radius 3 is 2.47 bits per heavy atom. The second-order valence-electron chi connectivity index (χ2n) is 2.83. The third kappa shape index (κ3) is 1.12. The van der Waals surface area contributed by atoms with Gasteiger partial charge >= 0.3 is 0 Å². The number of nitrogens with one attached hydrogen (secondary N) is 1. The third-order valence-electron chi connectivity index (χ3n) is 2.03. The fraction of sp³-hybridized carbons (Fsp3) is 0.125. The number of halogens is 3. The highest BCUT2D eigenvalue weighted by molar-refractivity contribution is 5.90. The number of benzene rings is 1. The Kier molecular flexibility index (Phi) is 1.95. The zero-order valence-corrected chi connectivity index (χ0v) is 7.57. The standard InChI is InChI=1S/C8H6F3N3O/c1-15-7-4(10)3(9)2-6(5(7)11)13-14-8(2)12/h1H3,(H3,12,13,14). The third-order valence-corrected chi connectivity index (χ3v) is 2.03. The van der Waals surface area contributed by atoms with Crippen LogP contribution in [0.25, 0.3) is 10.9 Å². The van der Waals surface area contributed by atoms with E-state index in [1.165, 1.54) is 0 Å². The molecule has 1 aromatic heterocycles. The zero-order chi connectivity index (χ0) is 11.2. The number of anilines is 1. The summed E-state index contributed by atoms with van der Waals surface area (Å²) in [4.78, 5) is 0. The van der Waals surface area contributed by atoms with Crippen LogP contribution in [0.4, 0.5) is 19.0 Å². The lowest BCUT2D eigenvalue weighted by atomic mass is 10.2. The van der Waals surface area contributed by atoms with Gasteiger partial charge in [-0.25, -0.2) is 8.78 Å². The molecular weight excluding hydrogens is 211 g/mol. The topological polar surface area (TPSA) is 63.9 Å². The molecular formula is C8H6F3N3O. The molecule has 0 atom stereocenters. The van der Waals surface area contributed by atoms with Crippen molar-refractivity contribution in [2.45, 2.75) is 0 Å². The number of hydrogen-bond acceptors (Lipinski definition) is 3. The molecule has 0 saturated heterocycles. The maximum atomic E-state index is 13.5. The first-order chi connectivity index (χ1) is 7.07. The Morgan fingerprint density at radius 1 is 1.20 bits per heavy atom. The van der Waals surface area contributed by atoms with E-state index in [1.54, 1.807) is 0 Å². The number of aromatic amines is 1. The first-order valence-electron chi connectivity index (χ1n) is 3.92. The molecule has 0 aliphatic heterocycles. The molecule has 3 N–H and O–H groups in total. The Labute approximate surface area is 81.8 Å². The van der Waals surface area contributed by atoms with Gasteiger partial charge in [-0.3, -0.25) is 5.10 Å². The van der Waals surface area contributed by atoms with Gasteiger partial charge in [0.2, 0.25) is 5.82 Å². The van der Waals surface area contributed by atoms with E-state index in [-0.39, 0.29) is 11.3 Å². The highest BCUT2D eigenvalue weighted by Crippen LogP contribution is 2.33. The van der Waals surface area contributed by atoms with Gasteiger partial charge in [0.15, 0.2) is 23.2 Å². The molecule has 80 valence electrons. The Bertz CT molecular complexity index is 538. The number of aromatic nitrogens is 2. The minimum Gasteiger partial charge on any atom is -0.491 e. The second-order valence-corrected chi connectivity index (χ2v) is 2.83. The summed E-state index contributed by atoms with van der Waals surface area (Å²) in [5.74, 6) is -4.87. The van der Waals surface area contributed by atoms with Crippen molar-refractivity contribution in [1.82, 2.24) is 10.2 Å². The average molecular weight is 217 g/mol. The fourth-order valence-electron chi connectivity index (χ4n) is 1.34. The van der Waals surface area contributed by atoms with E-state index >= 15 is 0 Å². The molecule has 0 aliphatic carbocycles. The van der Waals surface area contributed by atoms with Gasteiger partial charge < -0.3 is 10.5 Å². The van der Waals surface area contributed by atoms with Gasteiger partial charge in [-0.15, -0.1) is 0 Å². The number of nitrogens with zero attached hydrogens (tertiary/aromatic N) is 1. The van der Waals surface area contributed by atoms with Crippen molar-refractivity contribution in [2.24, 2.45) is 0 Å². The van der Waals surface area contributed by atoms with Crippen molar-refractivity contribution in [2.75, 3.05) is 12.8 Å². The Morgan fingerprint density at radius 2 is 1.87 bits per heavy atom. The summed E-state index contributed by atoms with van der Waals surface area (Å²) in [6, 6.07) is 0. The number of rotatable bonds is 1. The highest BCUT2D eigenvalue weighted by atomic mass is 19.2. The lowest BCUT2D eigenvalue weighted by molar-refractivity contribution is 0.350. The normalized spacial score (nSPS) is 10.9. The summed E-state index contributed by atoms with van der Waals surface area (Å²) in [5, 5.41) is 5.14. The van der Waals surface area contributed by atoms with Gasteiger partial charge in [0.1, 0.15) is 5.52 Å². The van der Waals surface area contributed by atoms with Crippen molar-refractivity contribution in [3.05, 3.63) is 17.5 Å². The van der Waals surface area contributed by atoms with E-state index in [0.717, 1.165) is 7.11 Å². The number of methoxy groups -OCH3 is 1. The number of hydrogen-bond donors (Lipinski definition) is 2. The van der Waals surface area contributed by atoms with Crippen LogP contribution in [0.2, 0.25) is 0 Å². The summed E-state index contributed by atoms with van der Waals surface area (Å²) >= 11 is 0. The smallest absolute Gasteiger partial charge is 0.204 e. The largest absolute Gasteiger partial charge is 0.491 e. The molecule has 0 unspecified atom stereocenters. The quantitative estimate of drug-likeness (QED) is 0.712. The lowest BCUT2D eigenvalue weighted by Gasteiger charge is -2.05. The zero-order valence-electron chi connectivity index (χ0n) is 7.57. The van der Waals surface area contributed by atoms with Crippen LogP contribution in [-0.2, 0) is 0 Å². The van der Waals surface area contributed by atoms with Gasteiger partial charge in [0, 0.05) is 0 Å². The number of fused-ring (bicyclic) bond motifs is 1. The minimum atomic E-state index is -1.42. The lowest BCUT2D eigenvalue weighted by Crippen LogP contribution is -1.98. The number of ether oxygens (including phenoxy) is 1. The molecule has 1 aromatic carbocycles. The van der Waals surface area contributed by atoms with Crippen molar-refractivity contribution in [3.63, 3.8) is 0 Å². The van der Waals surface area contributed by atoms with Crippen LogP contribution in [0.15, 0.2) is 0 Å². The van der Waals surface area contributed by atoms with E-state index in [9.17, 15) is 13.2 Å². The second kappa shape index (κ2) is 3.04. The molecule has 2 aromatic rings. The molecule has 0 fully saturated rings. The van der Waals surface area contributed by atoms with E-state index in [4.69, 9.17) is 5.73 Å². The first-order valence-corrected chi connectivity index (χ1v) is 3.92. The van der Waals surface area contributed by atoms with Crippen LogP contribution in [0.1, 0.15) is 0 Å². The molecule has 4 nitrogen and oxygen atoms in total. The molecule has 0 saturated carbocycles.